The number of aromatic nitrogens is 2. The van der Waals surface area contributed by atoms with E-state index in [9.17, 15) is 18.4 Å². The highest BCUT2D eigenvalue weighted by Crippen LogP contribution is 2.29. The van der Waals surface area contributed by atoms with Crippen LogP contribution in [-0.4, -0.2) is 33.2 Å². The van der Waals surface area contributed by atoms with Crippen LogP contribution in [0.2, 0.25) is 0 Å². The molecule has 3 amide bonds. The van der Waals surface area contributed by atoms with Crippen LogP contribution in [-0.2, 0) is 13.1 Å². The fourth-order valence-electron chi connectivity index (χ4n) is 3.71. The van der Waals surface area contributed by atoms with E-state index in [1.165, 1.54) is 29.2 Å². The summed E-state index contributed by atoms with van der Waals surface area (Å²) in [6, 6.07) is 9.30. The molecule has 3 aromatic rings. The van der Waals surface area contributed by atoms with Crippen molar-refractivity contribution >= 4 is 17.6 Å². The number of nitriles is 1. The molecule has 10 heteroatoms. The summed E-state index contributed by atoms with van der Waals surface area (Å²) in [4.78, 5) is 26.4. The number of nitrogens with two attached hydrogens (primary N) is 1. The van der Waals surface area contributed by atoms with Gasteiger partial charge in [0.25, 0.3) is 5.91 Å². The van der Waals surface area contributed by atoms with Gasteiger partial charge in [0, 0.05) is 17.8 Å². The molecular formula is C22H18F2N6O2. The van der Waals surface area contributed by atoms with Crippen LogP contribution < -0.4 is 11.1 Å². The number of anilines is 1. The highest BCUT2D eigenvalue weighted by Gasteiger charge is 2.30. The normalized spacial score (nSPS) is 12.8. The fraction of sp³-hybridized carbons (Fsp3) is 0.182. The number of halogens is 2. The predicted octanol–water partition coefficient (Wildman–Crippen LogP) is 3.16. The van der Waals surface area contributed by atoms with E-state index in [0.29, 0.717) is 23.4 Å². The molecule has 8 nitrogen and oxygen atoms in total. The summed E-state index contributed by atoms with van der Waals surface area (Å²) in [6.45, 7) is 2.33. The van der Waals surface area contributed by atoms with Gasteiger partial charge in [-0.05, 0) is 48.9 Å². The minimum atomic E-state index is -0.743. The zero-order valence-electron chi connectivity index (χ0n) is 17.0. The van der Waals surface area contributed by atoms with Crippen LogP contribution in [0.5, 0.6) is 0 Å². The Balaban J connectivity index is 1.62. The molecule has 2 aromatic carbocycles. The van der Waals surface area contributed by atoms with E-state index in [1.54, 1.807) is 23.7 Å². The lowest BCUT2D eigenvalue weighted by Crippen LogP contribution is -2.41. The number of hydrogen-bond donors (Lipinski definition) is 2. The maximum absolute atomic E-state index is 13.9. The van der Waals surface area contributed by atoms with Crippen molar-refractivity contribution in [1.29, 1.82) is 5.26 Å². The first kappa shape index (κ1) is 21.0. The van der Waals surface area contributed by atoms with E-state index in [0.717, 1.165) is 6.07 Å². The van der Waals surface area contributed by atoms with Crippen molar-refractivity contribution in [3.05, 3.63) is 70.4 Å². The van der Waals surface area contributed by atoms with Gasteiger partial charge in [0.2, 0.25) is 0 Å². The molecule has 2 heterocycles. The first-order chi connectivity index (χ1) is 15.3. The van der Waals surface area contributed by atoms with Crippen molar-refractivity contribution in [1.82, 2.24) is 14.7 Å². The lowest BCUT2D eigenvalue weighted by atomic mass is 10.0. The third kappa shape index (κ3) is 3.88. The number of aryl methyl sites for hydroxylation is 1. The zero-order valence-corrected chi connectivity index (χ0v) is 17.0. The maximum Gasteiger partial charge on any atom is 0.322 e. The number of fused-ring (bicyclic) bond motifs is 1. The largest absolute Gasteiger partial charge is 0.365 e. The molecule has 32 heavy (non-hydrogen) atoms. The SMILES string of the molecule is Cc1cc(F)cc(-c2nn3c(c2C(N)=O)CN(C(=O)Nc2ccc(C#N)c(F)c2)CC3)c1. The number of benzene rings is 2. The Kier molecular flexibility index (Phi) is 5.32. The number of carbonyl (C=O) groups is 2. The van der Waals surface area contributed by atoms with Gasteiger partial charge >= 0.3 is 6.03 Å². The molecule has 0 radical (unpaired) electrons. The van der Waals surface area contributed by atoms with Crippen molar-refractivity contribution in [3.63, 3.8) is 0 Å². The third-order valence-corrected chi connectivity index (χ3v) is 5.17. The lowest BCUT2D eigenvalue weighted by molar-refractivity contribution is 0.0997. The van der Waals surface area contributed by atoms with Gasteiger partial charge in [-0.1, -0.05) is 0 Å². The summed E-state index contributed by atoms with van der Waals surface area (Å²) in [5.74, 6) is -1.94. The van der Waals surface area contributed by atoms with Crippen molar-refractivity contribution in [2.75, 3.05) is 11.9 Å². The van der Waals surface area contributed by atoms with E-state index in [1.807, 2.05) is 0 Å². The molecule has 1 aromatic heterocycles. The topological polar surface area (TPSA) is 117 Å². The summed E-state index contributed by atoms with van der Waals surface area (Å²) < 4.78 is 29.3. The minimum Gasteiger partial charge on any atom is -0.365 e. The van der Waals surface area contributed by atoms with Gasteiger partial charge in [-0.15, -0.1) is 0 Å². The number of amides is 3. The molecule has 4 rings (SSSR count). The average molecular weight is 436 g/mol. The van der Waals surface area contributed by atoms with Crippen LogP contribution in [0, 0.1) is 29.9 Å². The van der Waals surface area contributed by atoms with Gasteiger partial charge in [-0.2, -0.15) is 10.4 Å². The molecule has 0 bridgehead atoms. The molecule has 0 aliphatic carbocycles. The molecule has 0 saturated carbocycles. The predicted molar refractivity (Wildman–Crippen MR) is 111 cm³/mol. The van der Waals surface area contributed by atoms with E-state index in [4.69, 9.17) is 11.0 Å². The first-order valence-electron chi connectivity index (χ1n) is 9.69. The third-order valence-electron chi connectivity index (χ3n) is 5.17. The number of nitrogens with zero attached hydrogens (tertiary/aromatic N) is 4. The highest BCUT2D eigenvalue weighted by atomic mass is 19.1. The smallest absolute Gasteiger partial charge is 0.322 e. The summed E-state index contributed by atoms with van der Waals surface area (Å²) in [5, 5.41) is 15.8. The maximum atomic E-state index is 13.9. The molecule has 162 valence electrons. The second kappa shape index (κ2) is 8.11. The van der Waals surface area contributed by atoms with Gasteiger partial charge in [0.05, 0.1) is 29.9 Å². The number of nitrogens with one attached hydrogen (secondary N) is 1. The Morgan fingerprint density at radius 2 is 1.97 bits per heavy atom. The van der Waals surface area contributed by atoms with Crippen LogP contribution in [0.4, 0.5) is 19.3 Å². The number of rotatable bonds is 3. The average Bonchev–Trinajstić information content (AvgIpc) is 3.12. The van der Waals surface area contributed by atoms with E-state index < -0.39 is 23.6 Å². The molecule has 0 atom stereocenters. The number of urea groups is 1. The lowest BCUT2D eigenvalue weighted by Gasteiger charge is -2.28. The number of carbonyl (C=O) groups excluding carboxylic acids is 2. The first-order valence-corrected chi connectivity index (χ1v) is 9.69. The van der Waals surface area contributed by atoms with Crippen LogP contribution in [0.1, 0.15) is 27.2 Å². The Morgan fingerprint density at radius 3 is 2.62 bits per heavy atom. The van der Waals surface area contributed by atoms with Crippen molar-refractivity contribution in [2.45, 2.75) is 20.0 Å². The number of hydrogen-bond acceptors (Lipinski definition) is 4. The quantitative estimate of drug-likeness (QED) is 0.656. The molecule has 0 unspecified atom stereocenters. The second-order valence-electron chi connectivity index (χ2n) is 7.43. The molecule has 0 spiro atoms. The van der Waals surface area contributed by atoms with Crippen LogP contribution in [0.25, 0.3) is 11.3 Å². The van der Waals surface area contributed by atoms with Gasteiger partial charge < -0.3 is 16.0 Å². The van der Waals surface area contributed by atoms with Crippen LogP contribution >= 0.6 is 0 Å². The van der Waals surface area contributed by atoms with Gasteiger partial charge in [0.15, 0.2) is 0 Å². The van der Waals surface area contributed by atoms with E-state index in [2.05, 4.69) is 10.4 Å². The zero-order chi connectivity index (χ0) is 23.0. The second-order valence-corrected chi connectivity index (χ2v) is 7.43. The Bertz CT molecular complexity index is 1270. The molecule has 3 N–H and O–H groups in total. The van der Waals surface area contributed by atoms with Crippen molar-refractivity contribution in [2.24, 2.45) is 5.73 Å². The van der Waals surface area contributed by atoms with Gasteiger partial charge in [0.1, 0.15) is 23.4 Å². The highest BCUT2D eigenvalue weighted by molar-refractivity contribution is 6.00. The van der Waals surface area contributed by atoms with Gasteiger partial charge in [-0.25, -0.2) is 13.6 Å². The van der Waals surface area contributed by atoms with Gasteiger partial charge in [-0.3, -0.25) is 9.48 Å². The summed E-state index contributed by atoms with van der Waals surface area (Å²) in [6.07, 6.45) is 0. The Hall–Kier alpha value is -4.26. The van der Waals surface area contributed by atoms with E-state index in [-0.39, 0.29) is 35.6 Å². The summed E-state index contributed by atoms with van der Waals surface area (Å²) in [5.41, 5.74) is 7.57. The Labute approximate surface area is 181 Å². The summed E-state index contributed by atoms with van der Waals surface area (Å²) >= 11 is 0. The molecule has 1 aliphatic heterocycles. The standard InChI is InChI=1S/C22H18F2N6O2/c1-12-6-14(8-15(23)7-12)20-19(21(26)31)18-11-29(4-5-30(18)28-20)22(32)27-16-3-2-13(10-25)17(24)9-16/h2-3,6-9H,4-5,11H2,1H3,(H2,26,31)(H,27,32). The minimum absolute atomic E-state index is 0.0319. The molecule has 1 aliphatic rings. The molecule has 0 saturated heterocycles. The Morgan fingerprint density at radius 1 is 1.19 bits per heavy atom. The van der Waals surface area contributed by atoms with Crippen molar-refractivity contribution in [3.8, 4) is 17.3 Å². The van der Waals surface area contributed by atoms with Crippen LogP contribution in [0.3, 0.4) is 0 Å². The summed E-state index contributed by atoms with van der Waals surface area (Å²) in [7, 11) is 0. The van der Waals surface area contributed by atoms with Crippen LogP contribution in [0.15, 0.2) is 36.4 Å². The fourth-order valence-corrected chi connectivity index (χ4v) is 3.71. The monoisotopic (exact) mass is 436 g/mol. The molecule has 0 fully saturated rings. The molecular weight excluding hydrogens is 418 g/mol. The van der Waals surface area contributed by atoms with E-state index >= 15 is 0 Å². The van der Waals surface area contributed by atoms with Crippen molar-refractivity contribution < 1.29 is 18.4 Å². The number of primary amides is 1.